The van der Waals surface area contributed by atoms with E-state index >= 15 is 0 Å². The SMILES string of the molecule is CCOC(=O)COC[C@H](NC(=O)OC(C)(C)C)c1ccc(F)cc1. The van der Waals surface area contributed by atoms with Gasteiger partial charge in [-0.05, 0) is 45.4 Å². The van der Waals surface area contributed by atoms with Crippen molar-refractivity contribution in [3.05, 3.63) is 35.6 Å². The third kappa shape index (κ3) is 7.92. The van der Waals surface area contributed by atoms with Gasteiger partial charge in [0.15, 0.2) is 0 Å². The van der Waals surface area contributed by atoms with Crippen molar-refractivity contribution < 1.29 is 28.2 Å². The molecule has 1 N–H and O–H groups in total. The molecule has 24 heavy (non-hydrogen) atoms. The van der Waals surface area contributed by atoms with Crippen molar-refractivity contribution in [3.63, 3.8) is 0 Å². The summed E-state index contributed by atoms with van der Waals surface area (Å²) in [4.78, 5) is 23.3. The van der Waals surface area contributed by atoms with E-state index in [9.17, 15) is 14.0 Å². The van der Waals surface area contributed by atoms with Gasteiger partial charge in [0.1, 0.15) is 18.0 Å². The molecule has 0 aliphatic heterocycles. The van der Waals surface area contributed by atoms with Gasteiger partial charge in [-0.3, -0.25) is 0 Å². The largest absolute Gasteiger partial charge is 0.464 e. The van der Waals surface area contributed by atoms with Crippen LogP contribution in [-0.2, 0) is 19.0 Å². The zero-order valence-electron chi connectivity index (χ0n) is 14.4. The summed E-state index contributed by atoms with van der Waals surface area (Å²) in [6.07, 6.45) is -0.628. The molecule has 0 unspecified atom stereocenters. The molecular formula is C17H24FNO5. The standard InChI is InChI=1S/C17H24FNO5/c1-5-23-15(20)11-22-10-14(12-6-8-13(18)9-7-12)19-16(21)24-17(2,3)4/h6-9,14H,5,10-11H2,1-4H3,(H,19,21)/t14-/m0/s1. The summed E-state index contributed by atoms with van der Waals surface area (Å²) in [5.74, 6) is -0.880. The molecule has 1 rings (SSSR count). The molecule has 0 heterocycles. The lowest BCUT2D eigenvalue weighted by Gasteiger charge is -2.24. The number of halogens is 1. The number of benzene rings is 1. The second-order valence-corrected chi connectivity index (χ2v) is 6.07. The minimum Gasteiger partial charge on any atom is -0.464 e. The third-order valence-electron chi connectivity index (χ3n) is 2.77. The molecule has 1 aromatic rings. The summed E-state index contributed by atoms with van der Waals surface area (Å²) in [5, 5.41) is 2.65. The minimum absolute atomic E-state index is 0.0175. The zero-order chi connectivity index (χ0) is 18.2. The minimum atomic E-state index is -0.650. The molecule has 0 radical (unpaired) electrons. The summed E-state index contributed by atoms with van der Waals surface area (Å²) < 4.78 is 28.3. The second kappa shape index (κ2) is 9.22. The van der Waals surface area contributed by atoms with E-state index in [2.05, 4.69) is 5.32 Å². The fourth-order valence-corrected chi connectivity index (χ4v) is 1.83. The molecule has 0 saturated heterocycles. The van der Waals surface area contributed by atoms with Gasteiger partial charge in [0.05, 0.1) is 19.3 Å². The molecule has 7 heteroatoms. The lowest BCUT2D eigenvalue weighted by Crippen LogP contribution is -2.37. The maximum absolute atomic E-state index is 13.1. The first-order chi connectivity index (χ1) is 11.2. The summed E-state index contributed by atoms with van der Waals surface area (Å²) >= 11 is 0. The van der Waals surface area contributed by atoms with Crippen LogP contribution in [0.3, 0.4) is 0 Å². The van der Waals surface area contributed by atoms with Crippen molar-refractivity contribution in [2.24, 2.45) is 0 Å². The topological polar surface area (TPSA) is 73.9 Å². The predicted molar refractivity (Wildman–Crippen MR) is 86.0 cm³/mol. The van der Waals surface area contributed by atoms with Crippen molar-refractivity contribution in [3.8, 4) is 0 Å². The van der Waals surface area contributed by atoms with E-state index in [-0.39, 0.29) is 25.6 Å². The maximum Gasteiger partial charge on any atom is 0.408 e. The average Bonchev–Trinajstić information content (AvgIpc) is 2.45. The van der Waals surface area contributed by atoms with Crippen molar-refractivity contribution in [2.75, 3.05) is 19.8 Å². The van der Waals surface area contributed by atoms with E-state index < -0.39 is 23.7 Å². The van der Waals surface area contributed by atoms with Crippen LogP contribution in [0, 0.1) is 5.82 Å². The number of carbonyl (C=O) groups is 2. The number of carbonyl (C=O) groups excluding carboxylic acids is 2. The fraction of sp³-hybridized carbons (Fsp3) is 0.529. The average molecular weight is 341 g/mol. The number of hydrogen-bond donors (Lipinski definition) is 1. The van der Waals surface area contributed by atoms with Gasteiger partial charge < -0.3 is 19.5 Å². The highest BCUT2D eigenvalue weighted by atomic mass is 19.1. The molecule has 0 saturated carbocycles. The van der Waals surface area contributed by atoms with Crippen LogP contribution in [0.4, 0.5) is 9.18 Å². The lowest BCUT2D eigenvalue weighted by molar-refractivity contribution is -0.148. The molecule has 0 aromatic heterocycles. The van der Waals surface area contributed by atoms with Crippen LogP contribution in [0.2, 0.25) is 0 Å². The number of amides is 1. The maximum atomic E-state index is 13.1. The van der Waals surface area contributed by atoms with Crippen molar-refractivity contribution in [1.29, 1.82) is 0 Å². The molecule has 1 amide bonds. The molecule has 0 bridgehead atoms. The molecule has 0 aliphatic rings. The Hall–Kier alpha value is -2.15. The van der Waals surface area contributed by atoms with E-state index in [1.807, 2.05) is 0 Å². The first-order valence-electron chi connectivity index (χ1n) is 7.69. The molecule has 1 aromatic carbocycles. The smallest absolute Gasteiger partial charge is 0.408 e. The first-order valence-corrected chi connectivity index (χ1v) is 7.69. The second-order valence-electron chi connectivity index (χ2n) is 6.07. The van der Waals surface area contributed by atoms with Crippen LogP contribution < -0.4 is 5.32 Å². The molecule has 134 valence electrons. The van der Waals surface area contributed by atoms with Gasteiger partial charge in [-0.1, -0.05) is 12.1 Å². The normalized spacial score (nSPS) is 12.4. The highest BCUT2D eigenvalue weighted by Gasteiger charge is 2.21. The Bertz CT molecular complexity index is 539. The molecule has 6 nitrogen and oxygen atoms in total. The van der Waals surface area contributed by atoms with Crippen LogP contribution in [0.15, 0.2) is 24.3 Å². The van der Waals surface area contributed by atoms with Crippen LogP contribution in [-0.4, -0.2) is 37.5 Å². The van der Waals surface area contributed by atoms with Gasteiger partial charge in [-0.2, -0.15) is 0 Å². The highest BCUT2D eigenvalue weighted by molar-refractivity contribution is 5.70. The molecule has 0 aliphatic carbocycles. The molecule has 0 spiro atoms. The Kier molecular flexibility index (Phi) is 7.64. The summed E-state index contributed by atoms with van der Waals surface area (Å²) in [5.41, 5.74) is -0.0189. The third-order valence-corrected chi connectivity index (χ3v) is 2.77. The van der Waals surface area contributed by atoms with Gasteiger partial charge in [0.25, 0.3) is 0 Å². The van der Waals surface area contributed by atoms with Crippen LogP contribution >= 0.6 is 0 Å². The quantitative estimate of drug-likeness (QED) is 0.772. The van der Waals surface area contributed by atoms with Crippen LogP contribution in [0.1, 0.15) is 39.3 Å². The number of esters is 1. The monoisotopic (exact) mass is 341 g/mol. The van der Waals surface area contributed by atoms with Gasteiger partial charge >= 0.3 is 12.1 Å². The summed E-state index contributed by atoms with van der Waals surface area (Å²) in [6, 6.07) is 5.04. The predicted octanol–water partition coefficient (Wildman–Crippen LogP) is 2.97. The number of nitrogens with one attached hydrogen (secondary N) is 1. The van der Waals surface area contributed by atoms with E-state index in [1.165, 1.54) is 24.3 Å². The molecule has 1 atom stereocenters. The van der Waals surface area contributed by atoms with Gasteiger partial charge in [0.2, 0.25) is 0 Å². The number of alkyl carbamates (subject to hydrolysis) is 1. The van der Waals surface area contributed by atoms with Crippen molar-refractivity contribution in [2.45, 2.75) is 39.3 Å². The van der Waals surface area contributed by atoms with Gasteiger partial charge in [-0.15, -0.1) is 0 Å². The zero-order valence-corrected chi connectivity index (χ0v) is 14.4. The Labute approximate surface area is 141 Å². The molecule has 0 fully saturated rings. The van der Waals surface area contributed by atoms with Gasteiger partial charge in [0, 0.05) is 0 Å². The summed E-state index contributed by atoms with van der Waals surface area (Å²) in [7, 11) is 0. The van der Waals surface area contributed by atoms with Crippen LogP contribution in [0.5, 0.6) is 0 Å². The lowest BCUT2D eigenvalue weighted by atomic mass is 10.1. The van der Waals surface area contributed by atoms with E-state index in [0.29, 0.717) is 5.56 Å². The molecular weight excluding hydrogens is 317 g/mol. The number of rotatable bonds is 7. The van der Waals surface area contributed by atoms with Crippen molar-refractivity contribution >= 4 is 12.1 Å². The van der Waals surface area contributed by atoms with E-state index in [4.69, 9.17) is 14.2 Å². The number of ether oxygens (including phenoxy) is 3. The Morgan fingerprint density at radius 2 is 1.83 bits per heavy atom. The Morgan fingerprint density at radius 1 is 1.21 bits per heavy atom. The fourth-order valence-electron chi connectivity index (χ4n) is 1.83. The first kappa shape index (κ1) is 19.9. The van der Waals surface area contributed by atoms with Crippen LogP contribution in [0.25, 0.3) is 0 Å². The number of hydrogen-bond acceptors (Lipinski definition) is 5. The van der Waals surface area contributed by atoms with E-state index in [0.717, 1.165) is 0 Å². The Morgan fingerprint density at radius 3 is 2.38 bits per heavy atom. The van der Waals surface area contributed by atoms with E-state index in [1.54, 1.807) is 27.7 Å². The van der Waals surface area contributed by atoms with Crippen molar-refractivity contribution in [1.82, 2.24) is 5.32 Å². The summed E-state index contributed by atoms with van der Waals surface area (Å²) in [6.45, 7) is 6.98. The van der Waals surface area contributed by atoms with Gasteiger partial charge in [-0.25, -0.2) is 14.0 Å². The highest BCUT2D eigenvalue weighted by Crippen LogP contribution is 2.16. The Balaban J connectivity index is 2.70.